The van der Waals surface area contributed by atoms with Crippen LogP contribution in [0.4, 0.5) is 13.9 Å². The van der Waals surface area contributed by atoms with Crippen molar-refractivity contribution < 1.29 is 13.6 Å². The summed E-state index contributed by atoms with van der Waals surface area (Å²) in [6.45, 7) is 0. The molecule has 1 aliphatic carbocycles. The van der Waals surface area contributed by atoms with Gasteiger partial charge in [-0.15, -0.1) is 10.2 Å². The van der Waals surface area contributed by atoms with E-state index in [-0.39, 0.29) is 35.3 Å². The first-order valence-electron chi connectivity index (χ1n) is 10.8. The number of hydrazone groups is 1. The van der Waals surface area contributed by atoms with Crippen molar-refractivity contribution in [2.45, 2.75) is 29.6 Å². The maximum atomic E-state index is 13.6. The molecule has 6 nitrogen and oxygen atoms in total. The van der Waals surface area contributed by atoms with Crippen molar-refractivity contribution in [1.29, 1.82) is 0 Å². The van der Waals surface area contributed by atoms with Gasteiger partial charge in [-0.2, -0.15) is 5.10 Å². The highest BCUT2D eigenvalue weighted by Gasteiger charge is 2.43. The lowest BCUT2D eigenvalue weighted by molar-refractivity contribution is -0.130. The summed E-state index contributed by atoms with van der Waals surface area (Å²) in [5.41, 5.74) is 9.26. The molecule has 2 unspecified atom stereocenters. The van der Waals surface area contributed by atoms with Gasteiger partial charge in [0.2, 0.25) is 5.13 Å². The lowest BCUT2D eigenvalue weighted by atomic mass is 9.77. The highest BCUT2D eigenvalue weighted by atomic mass is 32.2. The second-order valence-corrected chi connectivity index (χ2v) is 10.4. The van der Waals surface area contributed by atoms with Gasteiger partial charge in [0.25, 0.3) is 5.91 Å². The predicted octanol–water partition coefficient (Wildman–Crippen LogP) is 5.31. The average Bonchev–Trinajstić information content (AvgIpc) is 3.44. The zero-order valence-electron chi connectivity index (χ0n) is 18.0. The number of allylic oxidation sites excluding steroid dienone is 1. The van der Waals surface area contributed by atoms with Gasteiger partial charge in [0, 0.05) is 5.92 Å². The molecule has 0 spiro atoms. The molecule has 174 valence electrons. The monoisotopic (exact) mass is 497 g/mol. The van der Waals surface area contributed by atoms with Gasteiger partial charge in [0.1, 0.15) is 11.6 Å². The zero-order valence-corrected chi connectivity index (χ0v) is 19.7. The van der Waals surface area contributed by atoms with Crippen molar-refractivity contribution in [3.8, 4) is 0 Å². The van der Waals surface area contributed by atoms with Gasteiger partial charge in [-0.3, -0.25) is 4.79 Å². The van der Waals surface area contributed by atoms with Crippen molar-refractivity contribution in [2.24, 2.45) is 11.0 Å². The van der Waals surface area contributed by atoms with E-state index in [1.807, 2.05) is 6.08 Å². The third kappa shape index (κ3) is 4.74. The van der Waals surface area contributed by atoms with E-state index in [4.69, 9.17) is 10.8 Å². The number of hydrogen-bond donors (Lipinski definition) is 1. The molecule has 2 N–H and O–H groups in total. The van der Waals surface area contributed by atoms with Crippen LogP contribution in [0.1, 0.15) is 36.4 Å². The first kappa shape index (κ1) is 22.7. The van der Waals surface area contributed by atoms with Crippen LogP contribution in [-0.4, -0.2) is 32.6 Å². The van der Waals surface area contributed by atoms with Crippen LogP contribution in [0.5, 0.6) is 0 Å². The largest absolute Gasteiger partial charge is 0.374 e. The second kappa shape index (κ2) is 9.63. The van der Waals surface area contributed by atoms with E-state index in [0.717, 1.165) is 41.7 Å². The van der Waals surface area contributed by atoms with Crippen LogP contribution in [-0.2, 0) is 4.79 Å². The van der Waals surface area contributed by atoms with Crippen LogP contribution in [0, 0.1) is 17.6 Å². The van der Waals surface area contributed by atoms with E-state index in [2.05, 4.69) is 10.2 Å². The van der Waals surface area contributed by atoms with Crippen LogP contribution in [0.3, 0.4) is 0 Å². The summed E-state index contributed by atoms with van der Waals surface area (Å²) in [5.74, 6) is -0.657. The van der Waals surface area contributed by atoms with Gasteiger partial charge < -0.3 is 5.73 Å². The van der Waals surface area contributed by atoms with E-state index >= 15 is 0 Å². The number of fused-ring (bicyclic) bond motifs is 1. The number of halogens is 2. The van der Waals surface area contributed by atoms with Crippen molar-refractivity contribution in [3.63, 3.8) is 0 Å². The zero-order chi connectivity index (χ0) is 23.7. The molecular weight excluding hydrogens is 476 g/mol. The molecule has 1 fully saturated rings. The molecule has 5 rings (SSSR count). The van der Waals surface area contributed by atoms with Gasteiger partial charge >= 0.3 is 0 Å². The molecule has 1 aromatic heterocycles. The Balaban J connectivity index is 1.47. The summed E-state index contributed by atoms with van der Waals surface area (Å²) in [6, 6.07) is 12.2. The standard InChI is InChI=1S/C24H21F2N5OS2/c25-17-8-4-14(5-9-17)12-16-2-1-3-19-21(16)30-31(22(19)15-6-10-18(26)11-7-15)20(32)13-33-24-29-28-23(27)34-24/h4-12,19,22H,1-3,13H2,(H2,27,28). The van der Waals surface area contributed by atoms with E-state index in [0.29, 0.717) is 9.47 Å². The highest BCUT2D eigenvalue weighted by molar-refractivity contribution is 8.01. The quantitative estimate of drug-likeness (QED) is 0.483. The molecule has 1 amide bonds. The highest BCUT2D eigenvalue weighted by Crippen LogP contribution is 2.44. The van der Waals surface area contributed by atoms with Crippen molar-refractivity contribution >= 4 is 45.9 Å². The molecule has 2 heterocycles. The van der Waals surface area contributed by atoms with Gasteiger partial charge in [-0.05, 0) is 66.3 Å². The number of hydrogen-bond acceptors (Lipinski definition) is 7. The first-order chi connectivity index (χ1) is 16.5. The Bertz CT molecular complexity index is 1260. The molecule has 1 aliphatic heterocycles. The fraction of sp³-hybridized carbons (Fsp3) is 0.250. The Morgan fingerprint density at radius 3 is 2.50 bits per heavy atom. The minimum absolute atomic E-state index is 0.00275. The molecule has 3 aromatic rings. The maximum absolute atomic E-state index is 13.6. The predicted molar refractivity (Wildman–Crippen MR) is 130 cm³/mol. The van der Waals surface area contributed by atoms with Gasteiger partial charge in [0.15, 0.2) is 4.34 Å². The number of amides is 1. The molecule has 2 atom stereocenters. The molecule has 10 heteroatoms. The van der Waals surface area contributed by atoms with Crippen molar-refractivity contribution in [2.75, 3.05) is 11.5 Å². The molecule has 2 aromatic carbocycles. The first-order valence-corrected chi connectivity index (χ1v) is 12.6. The number of carbonyl (C=O) groups excluding carboxylic acids is 1. The number of nitrogen functional groups attached to an aromatic ring is 1. The Morgan fingerprint density at radius 1 is 1.12 bits per heavy atom. The van der Waals surface area contributed by atoms with E-state index < -0.39 is 0 Å². The van der Waals surface area contributed by atoms with E-state index in [1.165, 1.54) is 52.4 Å². The Kier molecular flexibility index (Phi) is 6.42. The summed E-state index contributed by atoms with van der Waals surface area (Å²) in [6.07, 6.45) is 4.64. The topological polar surface area (TPSA) is 84.5 Å². The number of nitrogens with two attached hydrogens (primary N) is 1. The number of nitrogens with zero attached hydrogens (tertiary/aromatic N) is 4. The van der Waals surface area contributed by atoms with Crippen molar-refractivity contribution in [3.05, 3.63) is 76.9 Å². The summed E-state index contributed by atoms with van der Waals surface area (Å²) >= 11 is 2.50. The lowest BCUT2D eigenvalue weighted by Gasteiger charge is -2.29. The fourth-order valence-corrected chi connectivity index (χ4v) is 5.92. The van der Waals surface area contributed by atoms with Gasteiger partial charge in [-0.25, -0.2) is 13.8 Å². The normalized spacial score (nSPS) is 20.9. The molecule has 1 saturated carbocycles. The Hall–Kier alpha value is -3.11. The third-order valence-corrected chi connectivity index (χ3v) is 7.79. The van der Waals surface area contributed by atoms with Crippen LogP contribution in [0.15, 0.2) is 63.5 Å². The minimum Gasteiger partial charge on any atom is -0.374 e. The molecule has 0 bridgehead atoms. The molecule has 0 radical (unpaired) electrons. The number of rotatable bonds is 5. The summed E-state index contributed by atoms with van der Waals surface area (Å²) < 4.78 is 27.6. The summed E-state index contributed by atoms with van der Waals surface area (Å²) in [4.78, 5) is 13.3. The van der Waals surface area contributed by atoms with Gasteiger partial charge in [0.05, 0.1) is 17.5 Å². The number of thioether (sulfide) groups is 1. The summed E-state index contributed by atoms with van der Waals surface area (Å²) in [5, 5.41) is 14.4. The third-order valence-electron chi connectivity index (χ3n) is 5.92. The van der Waals surface area contributed by atoms with Crippen LogP contribution < -0.4 is 5.73 Å². The Morgan fingerprint density at radius 2 is 1.82 bits per heavy atom. The second-order valence-electron chi connectivity index (χ2n) is 8.13. The van der Waals surface area contributed by atoms with E-state index in [9.17, 15) is 13.6 Å². The number of anilines is 1. The smallest absolute Gasteiger partial charge is 0.253 e. The summed E-state index contributed by atoms with van der Waals surface area (Å²) in [7, 11) is 0. The van der Waals surface area contributed by atoms with Crippen LogP contribution >= 0.6 is 23.1 Å². The number of carbonyl (C=O) groups is 1. The number of aromatic nitrogens is 2. The van der Waals surface area contributed by atoms with Crippen molar-refractivity contribution in [1.82, 2.24) is 15.2 Å². The Labute approximate surface area is 203 Å². The SMILES string of the molecule is Nc1nnc(SCC(=O)N2N=C3C(=Cc4ccc(F)cc4)CCCC3C2c2ccc(F)cc2)s1. The minimum atomic E-state index is -0.328. The van der Waals surface area contributed by atoms with Crippen LogP contribution in [0.2, 0.25) is 0 Å². The lowest BCUT2D eigenvalue weighted by Crippen LogP contribution is -2.32. The molecule has 34 heavy (non-hydrogen) atoms. The fourth-order valence-electron chi connectivity index (χ4n) is 4.43. The molecular formula is C24H21F2N5OS2. The molecule has 0 saturated heterocycles. The average molecular weight is 498 g/mol. The van der Waals surface area contributed by atoms with Gasteiger partial charge in [-0.1, -0.05) is 47.4 Å². The van der Waals surface area contributed by atoms with E-state index in [1.54, 1.807) is 24.3 Å². The number of benzene rings is 2. The maximum Gasteiger partial charge on any atom is 0.253 e. The van der Waals surface area contributed by atoms with Crippen LogP contribution in [0.25, 0.3) is 6.08 Å². The molecule has 2 aliphatic rings.